The molecule has 0 spiro atoms. The van der Waals surface area contributed by atoms with Gasteiger partial charge < -0.3 is 15.1 Å². The van der Waals surface area contributed by atoms with E-state index in [1.807, 2.05) is 20.8 Å². The lowest BCUT2D eigenvalue weighted by molar-refractivity contribution is -0.129. The fraction of sp³-hybridized carbons (Fsp3) is 0.444. The van der Waals surface area contributed by atoms with Crippen LogP contribution < -0.4 is 0 Å². The number of phenols is 1. The van der Waals surface area contributed by atoms with E-state index in [0.717, 1.165) is 0 Å². The molecule has 124 valence electrons. The van der Waals surface area contributed by atoms with E-state index in [0.29, 0.717) is 18.5 Å². The lowest BCUT2D eigenvalue weighted by Crippen LogP contribution is -2.31. The van der Waals surface area contributed by atoms with E-state index in [2.05, 4.69) is 0 Å². The van der Waals surface area contributed by atoms with Gasteiger partial charge in [-0.25, -0.2) is 0 Å². The third-order valence-corrected chi connectivity index (χ3v) is 3.85. The molecule has 5 heteroatoms. The Morgan fingerprint density at radius 3 is 2.57 bits per heavy atom. The van der Waals surface area contributed by atoms with Crippen molar-refractivity contribution in [2.75, 3.05) is 6.54 Å². The van der Waals surface area contributed by atoms with Crippen LogP contribution in [-0.2, 0) is 9.59 Å². The minimum atomic E-state index is -0.638. The van der Waals surface area contributed by atoms with Crippen molar-refractivity contribution < 1.29 is 19.8 Å². The summed E-state index contributed by atoms with van der Waals surface area (Å²) in [4.78, 5) is 26.4. The van der Waals surface area contributed by atoms with E-state index in [1.54, 1.807) is 12.1 Å². The summed E-state index contributed by atoms with van der Waals surface area (Å²) in [6.07, 6.45) is 0.974. The molecule has 0 radical (unpaired) electrons. The summed E-state index contributed by atoms with van der Waals surface area (Å²) in [6.45, 7) is 6.19. The quantitative estimate of drug-likeness (QED) is 0.845. The Balaban J connectivity index is 2.50. The number of Topliss-reactive ketones (excluding diaryl/α,β-unsaturated/α-hetero) is 1. The van der Waals surface area contributed by atoms with Gasteiger partial charge in [0, 0.05) is 13.0 Å². The molecule has 5 nitrogen and oxygen atoms in total. The van der Waals surface area contributed by atoms with Crippen LogP contribution in [-0.4, -0.2) is 33.3 Å². The van der Waals surface area contributed by atoms with Crippen molar-refractivity contribution >= 4 is 11.7 Å². The van der Waals surface area contributed by atoms with Crippen LogP contribution in [0.25, 0.3) is 0 Å². The van der Waals surface area contributed by atoms with Crippen molar-refractivity contribution in [3.05, 3.63) is 41.2 Å². The Hall–Kier alpha value is -2.30. The van der Waals surface area contributed by atoms with Crippen LogP contribution in [0, 0.1) is 5.92 Å². The van der Waals surface area contributed by atoms with Crippen molar-refractivity contribution in [3.63, 3.8) is 0 Å². The largest absolute Gasteiger partial charge is 0.508 e. The van der Waals surface area contributed by atoms with Gasteiger partial charge in [-0.3, -0.25) is 9.59 Å². The van der Waals surface area contributed by atoms with Crippen LogP contribution in [0.1, 0.15) is 45.2 Å². The first kappa shape index (κ1) is 17.1. The number of ketones is 1. The molecule has 1 aromatic carbocycles. The predicted octanol–water partition coefficient (Wildman–Crippen LogP) is 3.11. The highest BCUT2D eigenvalue weighted by molar-refractivity contribution is 6.09. The molecular formula is C18H23NO4. The summed E-state index contributed by atoms with van der Waals surface area (Å²) in [6, 6.07) is 5.84. The molecule has 0 bridgehead atoms. The van der Waals surface area contributed by atoms with Crippen LogP contribution in [0.2, 0.25) is 0 Å². The molecule has 1 unspecified atom stereocenters. The average molecular weight is 317 g/mol. The van der Waals surface area contributed by atoms with Gasteiger partial charge >= 0.3 is 0 Å². The molecule has 1 atom stereocenters. The van der Waals surface area contributed by atoms with Crippen molar-refractivity contribution in [3.8, 4) is 5.75 Å². The molecule has 1 amide bonds. The van der Waals surface area contributed by atoms with Crippen LogP contribution >= 0.6 is 0 Å². The van der Waals surface area contributed by atoms with Gasteiger partial charge in [-0.05, 0) is 30.0 Å². The molecule has 0 aliphatic carbocycles. The maximum atomic E-state index is 12.6. The predicted molar refractivity (Wildman–Crippen MR) is 87.0 cm³/mol. The maximum Gasteiger partial charge on any atom is 0.290 e. The summed E-state index contributed by atoms with van der Waals surface area (Å²) in [5, 5.41) is 20.0. The Labute approximate surface area is 136 Å². The molecule has 2 N–H and O–H groups in total. The Kier molecular flexibility index (Phi) is 5.08. The highest BCUT2D eigenvalue weighted by atomic mass is 16.3. The number of aliphatic hydroxyl groups is 1. The molecule has 2 rings (SSSR count). The lowest BCUT2D eigenvalue weighted by atomic mass is 9.92. The summed E-state index contributed by atoms with van der Waals surface area (Å²) in [5.74, 6) is -1.01. The van der Waals surface area contributed by atoms with Crippen molar-refractivity contribution in [1.82, 2.24) is 4.90 Å². The zero-order valence-corrected chi connectivity index (χ0v) is 13.7. The van der Waals surface area contributed by atoms with E-state index in [-0.39, 0.29) is 29.4 Å². The molecule has 0 fully saturated rings. The minimum Gasteiger partial charge on any atom is -0.508 e. The average Bonchev–Trinajstić information content (AvgIpc) is 2.72. The number of nitrogens with zero attached hydrogens (tertiary/aromatic N) is 1. The minimum absolute atomic E-state index is 0.0634. The van der Waals surface area contributed by atoms with E-state index in [1.165, 1.54) is 17.0 Å². The maximum absolute atomic E-state index is 12.6. The number of aromatic hydroxyl groups is 1. The number of hydrogen-bond acceptors (Lipinski definition) is 4. The SMILES string of the molecule is CCCN1C(=O)C(O)=C(C(=O)CC(C)C)C1c1cccc(O)c1. The Bertz CT molecular complexity index is 648. The number of rotatable bonds is 6. The fourth-order valence-corrected chi connectivity index (χ4v) is 2.93. The second-order valence-electron chi connectivity index (χ2n) is 6.28. The fourth-order valence-electron chi connectivity index (χ4n) is 2.93. The number of amides is 1. The van der Waals surface area contributed by atoms with Crippen LogP contribution in [0.15, 0.2) is 35.6 Å². The molecule has 1 aliphatic rings. The summed E-state index contributed by atoms with van der Waals surface area (Å²) in [5.41, 5.74) is 0.769. The second kappa shape index (κ2) is 6.86. The zero-order chi connectivity index (χ0) is 17.1. The van der Waals surface area contributed by atoms with E-state index >= 15 is 0 Å². The Morgan fingerprint density at radius 1 is 1.30 bits per heavy atom. The van der Waals surface area contributed by atoms with E-state index in [4.69, 9.17) is 0 Å². The third-order valence-electron chi connectivity index (χ3n) is 3.85. The molecule has 0 saturated carbocycles. The monoisotopic (exact) mass is 317 g/mol. The first-order chi connectivity index (χ1) is 10.9. The van der Waals surface area contributed by atoms with Crippen LogP contribution in [0.5, 0.6) is 5.75 Å². The summed E-state index contributed by atoms with van der Waals surface area (Å²) < 4.78 is 0. The van der Waals surface area contributed by atoms with Gasteiger partial charge in [-0.15, -0.1) is 0 Å². The topological polar surface area (TPSA) is 77.8 Å². The molecule has 0 aromatic heterocycles. The molecular weight excluding hydrogens is 294 g/mol. The van der Waals surface area contributed by atoms with Crippen molar-refractivity contribution in [2.24, 2.45) is 5.92 Å². The number of carbonyl (C=O) groups excluding carboxylic acids is 2. The van der Waals surface area contributed by atoms with Gasteiger partial charge in [0.05, 0.1) is 11.6 Å². The van der Waals surface area contributed by atoms with E-state index < -0.39 is 17.7 Å². The summed E-state index contributed by atoms with van der Waals surface area (Å²) >= 11 is 0. The van der Waals surface area contributed by atoms with Crippen molar-refractivity contribution in [1.29, 1.82) is 0 Å². The Morgan fingerprint density at radius 2 is 2.00 bits per heavy atom. The second-order valence-corrected chi connectivity index (χ2v) is 6.28. The number of hydrogen-bond donors (Lipinski definition) is 2. The normalized spacial score (nSPS) is 18.2. The molecule has 1 aliphatic heterocycles. The first-order valence-corrected chi connectivity index (χ1v) is 7.93. The van der Waals surface area contributed by atoms with Crippen LogP contribution in [0.4, 0.5) is 0 Å². The highest BCUT2D eigenvalue weighted by Gasteiger charge is 2.42. The molecule has 1 heterocycles. The molecule has 0 saturated heterocycles. The molecule has 1 aromatic rings. The number of aliphatic hydroxyl groups excluding tert-OH is 1. The molecule has 23 heavy (non-hydrogen) atoms. The number of carbonyl (C=O) groups is 2. The third kappa shape index (κ3) is 3.38. The lowest BCUT2D eigenvalue weighted by Gasteiger charge is -2.26. The van der Waals surface area contributed by atoms with Gasteiger partial charge in [0.25, 0.3) is 5.91 Å². The van der Waals surface area contributed by atoms with Crippen LogP contribution in [0.3, 0.4) is 0 Å². The smallest absolute Gasteiger partial charge is 0.290 e. The highest BCUT2D eigenvalue weighted by Crippen LogP contribution is 2.39. The van der Waals surface area contributed by atoms with Crippen molar-refractivity contribution in [2.45, 2.75) is 39.7 Å². The van der Waals surface area contributed by atoms with Gasteiger partial charge in [-0.2, -0.15) is 0 Å². The zero-order valence-electron chi connectivity index (χ0n) is 13.7. The standard InChI is InChI=1S/C18H23NO4/c1-4-8-19-16(12-6-5-7-13(20)10-12)15(17(22)18(19)23)14(21)9-11(2)3/h5-7,10-11,16,20,22H,4,8-9H2,1-3H3. The summed E-state index contributed by atoms with van der Waals surface area (Å²) in [7, 11) is 0. The first-order valence-electron chi connectivity index (χ1n) is 7.93. The van der Waals surface area contributed by atoms with Gasteiger partial charge in [-0.1, -0.05) is 32.9 Å². The number of benzene rings is 1. The van der Waals surface area contributed by atoms with Gasteiger partial charge in [0.1, 0.15) is 5.75 Å². The van der Waals surface area contributed by atoms with Gasteiger partial charge in [0.15, 0.2) is 11.5 Å². The van der Waals surface area contributed by atoms with Gasteiger partial charge in [0.2, 0.25) is 0 Å². The van der Waals surface area contributed by atoms with E-state index in [9.17, 15) is 19.8 Å². The number of phenolic OH excluding ortho intramolecular Hbond substituents is 1.